The van der Waals surface area contributed by atoms with E-state index in [0.29, 0.717) is 5.75 Å². The Bertz CT molecular complexity index is 536. The Labute approximate surface area is 106 Å². The number of para-hydroxylation sites is 1. The van der Waals surface area contributed by atoms with Gasteiger partial charge in [0.15, 0.2) is 11.5 Å². The minimum absolute atomic E-state index is 0.131. The van der Waals surface area contributed by atoms with E-state index < -0.39 is 0 Å². The molecule has 0 bridgehead atoms. The molecule has 0 aliphatic heterocycles. The number of rotatable bonds is 3. The molecule has 0 aliphatic carbocycles. The number of phenols is 1. The van der Waals surface area contributed by atoms with Crippen LogP contribution in [0.15, 0.2) is 36.5 Å². The van der Waals surface area contributed by atoms with Crippen molar-refractivity contribution in [2.24, 2.45) is 0 Å². The molecule has 1 heterocycles. The summed E-state index contributed by atoms with van der Waals surface area (Å²) in [5.74, 6) is 1.49. The highest BCUT2D eigenvalue weighted by Gasteiger charge is 2.10. The zero-order valence-corrected chi connectivity index (χ0v) is 10.7. The maximum atomic E-state index is 9.74. The molecular formula is C14H16N2O2. The van der Waals surface area contributed by atoms with Gasteiger partial charge in [0.05, 0.1) is 7.11 Å². The molecule has 0 amide bonds. The molecule has 0 saturated carbocycles. The minimum Gasteiger partial charge on any atom is -0.504 e. The number of hydrogen-bond acceptors (Lipinski definition) is 4. The molecule has 0 unspecified atom stereocenters. The fourth-order valence-electron chi connectivity index (χ4n) is 1.78. The number of anilines is 1. The molecule has 18 heavy (non-hydrogen) atoms. The van der Waals surface area contributed by atoms with Crippen molar-refractivity contribution >= 4 is 5.82 Å². The Morgan fingerprint density at radius 3 is 2.50 bits per heavy atom. The standard InChI is InChI=1S/C14H16N2O2/c1-16(2)13-8-7-10(9-15-13)11-5-4-6-12(17)14(11)18-3/h4-9,17H,1-3H3. The van der Waals surface area contributed by atoms with Gasteiger partial charge in [0, 0.05) is 31.4 Å². The lowest BCUT2D eigenvalue weighted by molar-refractivity contribution is 0.375. The summed E-state index contributed by atoms with van der Waals surface area (Å²) in [7, 11) is 5.42. The van der Waals surface area contributed by atoms with Gasteiger partial charge in [-0.15, -0.1) is 0 Å². The number of methoxy groups -OCH3 is 1. The largest absolute Gasteiger partial charge is 0.504 e. The second-order valence-electron chi connectivity index (χ2n) is 4.16. The summed E-state index contributed by atoms with van der Waals surface area (Å²) in [5.41, 5.74) is 1.74. The first-order chi connectivity index (χ1) is 8.63. The van der Waals surface area contributed by atoms with Gasteiger partial charge in [-0.05, 0) is 18.2 Å². The molecule has 0 aliphatic rings. The van der Waals surface area contributed by atoms with Crippen molar-refractivity contribution in [1.29, 1.82) is 0 Å². The average molecular weight is 244 g/mol. The van der Waals surface area contributed by atoms with Crippen LogP contribution >= 0.6 is 0 Å². The predicted molar refractivity (Wildman–Crippen MR) is 72.2 cm³/mol. The zero-order chi connectivity index (χ0) is 13.1. The molecule has 94 valence electrons. The van der Waals surface area contributed by atoms with Gasteiger partial charge >= 0.3 is 0 Å². The number of benzene rings is 1. The Kier molecular flexibility index (Phi) is 3.37. The summed E-state index contributed by atoms with van der Waals surface area (Å²) in [5, 5.41) is 9.74. The third kappa shape index (κ3) is 2.22. The van der Waals surface area contributed by atoms with Crippen LogP contribution in [0.1, 0.15) is 0 Å². The van der Waals surface area contributed by atoms with Crippen molar-refractivity contribution in [2.45, 2.75) is 0 Å². The van der Waals surface area contributed by atoms with Crippen LogP contribution in [0.25, 0.3) is 11.1 Å². The van der Waals surface area contributed by atoms with Crippen molar-refractivity contribution in [3.8, 4) is 22.6 Å². The molecule has 4 heteroatoms. The Balaban J connectivity index is 2.46. The number of pyridine rings is 1. The van der Waals surface area contributed by atoms with E-state index in [1.54, 1.807) is 25.4 Å². The maximum Gasteiger partial charge on any atom is 0.168 e. The highest BCUT2D eigenvalue weighted by atomic mass is 16.5. The molecule has 4 nitrogen and oxygen atoms in total. The van der Waals surface area contributed by atoms with Gasteiger partial charge in [-0.1, -0.05) is 12.1 Å². The smallest absolute Gasteiger partial charge is 0.168 e. The number of aromatic hydroxyl groups is 1. The van der Waals surface area contributed by atoms with Gasteiger partial charge in [0.1, 0.15) is 5.82 Å². The highest BCUT2D eigenvalue weighted by molar-refractivity contribution is 5.73. The quantitative estimate of drug-likeness (QED) is 0.901. The topological polar surface area (TPSA) is 45.6 Å². The van der Waals surface area contributed by atoms with Gasteiger partial charge in [-0.25, -0.2) is 4.98 Å². The summed E-state index contributed by atoms with van der Waals surface area (Å²) >= 11 is 0. The molecule has 0 fully saturated rings. The molecule has 0 atom stereocenters. The van der Waals surface area contributed by atoms with E-state index in [-0.39, 0.29) is 5.75 Å². The van der Waals surface area contributed by atoms with E-state index in [4.69, 9.17) is 4.74 Å². The van der Waals surface area contributed by atoms with Crippen molar-refractivity contribution in [3.63, 3.8) is 0 Å². The second kappa shape index (κ2) is 4.96. The molecule has 1 aromatic heterocycles. The van der Waals surface area contributed by atoms with Crippen LogP contribution < -0.4 is 9.64 Å². The third-order valence-corrected chi connectivity index (χ3v) is 2.72. The summed E-state index contributed by atoms with van der Waals surface area (Å²) in [4.78, 5) is 6.28. The van der Waals surface area contributed by atoms with Crippen molar-refractivity contribution in [3.05, 3.63) is 36.5 Å². The number of ether oxygens (including phenoxy) is 1. The fraction of sp³-hybridized carbons (Fsp3) is 0.214. The van der Waals surface area contributed by atoms with E-state index in [2.05, 4.69) is 4.98 Å². The van der Waals surface area contributed by atoms with Crippen molar-refractivity contribution in [2.75, 3.05) is 26.1 Å². The van der Waals surface area contributed by atoms with Crippen LogP contribution in [0, 0.1) is 0 Å². The van der Waals surface area contributed by atoms with Gasteiger partial charge in [0.25, 0.3) is 0 Å². The molecule has 0 radical (unpaired) electrons. The van der Waals surface area contributed by atoms with Crippen LogP contribution in [-0.2, 0) is 0 Å². The first-order valence-electron chi connectivity index (χ1n) is 5.63. The number of aromatic nitrogens is 1. The van der Waals surface area contributed by atoms with E-state index in [9.17, 15) is 5.11 Å². The number of phenolic OH excluding ortho intramolecular Hbond substituents is 1. The van der Waals surface area contributed by atoms with Crippen molar-refractivity contribution < 1.29 is 9.84 Å². The van der Waals surface area contributed by atoms with Crippen LogP contribution in [-0.4, -0.2) is 31.3 Å². The van der Waals surface area contributed by atoms with Gasteiger partial charge in [0.2, 0.25) is 0 Å². The lowest BCUT2D eigenvalue weighted by Crippen LogP contribution is -2.10. The first-order valence-corrected chi connectivity index (χ1v) is 5.63. The molecule has 2 rings (SSSR count). The summed E-state index contributed by atoms with van der Waals surface area (Å²) in [6.45, 7) is 0. The second-order valence-corrected chi connectivity index (χ2v) is 4.16. The summed E-state index contributed by atoms with van der Waals surface area (Å²) in [6, 6.07) is 9.17. The SMILES string of the molecule is COc1c(O)cccc1-c1ccc(N(C)C)nc1. The number of nitrogens with zero attached hydrogens (tertiary/aromatic N) is 2. The van der Waals surface area contributed by atoms with Crippen LogP contribution in [0.3, 0.4) is 0 Å². The Morgan fingerprint density at radius 2 is 1.94 bits per heavy atom. The van der Waals surface area contributed by atoms with Gasteiger partial charge in [-0.2, -0.15) is 0 Å². The monoisotopic (exact) mass is 244 g/mol. The minimum atomic E-state index is 0.131. The van der Waals surface area contributed by atoms with Crippen LogP contribution in [0.4, 0.5) is 5.82 Å². The average Bonchev–Trinajstić information content (AvgIpc) is 2.38. The molecule has 2 aromatic rings. The normalized spacial score (nSPS) is 10.2. The molecule has 1 aromatic carbocycles. The van der Waals surface area contributed by atoms with Crippen LogP contribution in [0.5, 0.6) is 11.5 Å². The van der Waals surface area contributed by atoms with Crippen molar-refractivity contribution in [1.82, 2.24) is 4.98 Å². The number of hydrogen-bond donors (Lipinski definition) is 1. The zero-order valence-electron chi connectivity index (χ0n) is 10.7. The predicted octanol–water partition coefficient (Wildman–Crippen LogP) is 2.53. The van der Waals surface area contributed by atoms with E-state index in [1.165, 1.54) is 0 Å². The Hall–Kier alpha value is -2.23. The Morgan fingerprint density at radius 1 is 1.17 bits per heavy atom. The summed E-state index contributed by atoms with van der Waals surface area (Å²) in [6.07, 6.45) is 1.77. The molecule has 0 spiro atoms. The molecule has 0 saturated heterocycles. The van der Waals surface area contributed by atoms with E-state index >= 15 is 0 Å². The molecule has 1 N–H and O–H groups in total. The van der Waals surface area contributed by atoms with Gasteiger partial charge in [-0.3, -0.25) is 0 Å². The lowest BCUT2D eigenvalue weighted by Gasteiger charge is -2.13. The van der Waals surface area contributed by atoms with E-state index in [1.807, 2.05) is 37.2 Å². The first kappa shape index (κ1) is 12.2. The summed E-state index contributed by atoms with van der Waals surface area (Å²) < 4.78 is 5.22. The maximum absolute atomic E-state index is 9.74. The van der Waals surface area contributed by atoms with Gasteiger partial charge < -0.3 is 14.7 Å². The third-order valence-electron chi connectivity index (χ3n) is 2.72. The lowest BCUT2D eigenvalue weighted by atomic mass is 10.1. The highest BCUT2D eigenvalue weighted by Crippen LogP contribution is 2.36. The molecular weight excluding hydrogens is 228 g/mol. The van der Waals surface area contributed by atoms with E-state index in [0.717, 1.165) is 16.9 Å². The van der Waals surface area contributed by atoms with Crippen LogP contribution in [0.2, 0.25) is 0 Å². The fourth-order valence-corrected chi connectivity index (χ4v) is 1.78.